The van der Waals surface area contributed by atoms with Crippen molar-refractivity contribution in [3.05, 3.63) is 101 Å². The molecule has 5 nitrogen and oxygen atoms in total. The van der Waals surface area contributed by atoms with Crippen LogP contribution in [0, 0.1) is 0 Å². The molecule has 1 unspecified atom stereocenters. The molecule has 0 bridgehead atoms. The van der Waals surface area contributed by atoms with Gasteiger partial charge in [-0.15, -0.1) is 11.8 Å². The van der Waals surface area contributed by atoms with E-state index >= 15 is 0 Å². The number of likely N-dealkylation sites (N-methyl/N-ethyl adjacent to an activating group) is 1. The monoisotopic (exact) mass is 550 g/mol. The minimum Gasteiger partial charge on any atom is -0.383 e. The molecule has 202 valence electrons. The number of anilines is 2. The van der Waals surface area contributed by atoms with Crippen LogP contribution in [0.25, 0.3) is 0 Å². The van der Waals surface area contributed by atoms with E-state index in [1.165, 1.54) is 21.7 Å². The van der Waals surface area contributed by atoms with Gasteiger partial charge in [-0.2, -0.15) is 18.3 Å². The number of hydrogen-bond acceptors (Lipinski definition) is 5. The Kier molecular flexibility index (Phi) is 7.44. The molecule has 3 aromatic carbocycles. The van der Waals surface area contributed by atoms with Gasteiger partial charge in [0.1, 0.15) is 0 Å². The molecule has 0 radical (unpaired) electrons. The predicted octanol–water partition coefficient (Wildman–Crippen LogP) is 6.86. The molecule has 0 saturated carbocycles. The van der Waals surface area contributed by atoms with E-state index in [-0.39, 0.29) is 11.0 Å². The molecule has 0 aromatic heterocycles. The molecule has 2 aliphatic heterocycles. The van der Waals surface area contributed by atoms with Gasteiger partial charge in [0.05, 0.1) is 5.56 Å². The minimum atomic E-state index is -4.45. The fourth-order valence-electron chi connectivity index (χ4n) is 5.29. The number of rotatable bonds is 6. The molecule has 0 saturated heterocycles. The zero-order valence-corrected chi connectivity index (χ0v) is 22.5. The van der Waals surface area contributed by atoms with Crippen molar-refractivity contribution in [2.24, 2.45) is 5.10 Å². The first-order valence-electron chi connectivity index (χ1n) is 12.8. The summed E-state index contributed by atoms with van der Waals surface area (Å²) in [4.78, 5) is 16.0. The molecular formula is C30H29F3N4OS. The number of alkyl halides is 3. The summed E-state index contributed by atoms with van der Waals surface area (Å²) in [5.41, 5.74) is 7.19. The second kappa shape index (κ2) is 10.8. The molecule has 0 spiro atoms. The lowest BCUT2D eigenvalue weighted by Crippen LogP contribution is -2.31. The fraction of sp³-hybridized carbons (Fsp3) is 0.267. The summed E-state index contributed by atoms with van der Waals surface area (Å²) >= 11 is 1.85. The van der Waals surface area contributed by atoms with Gasteiger partial charge < -0.3 is 10.2 Å². The molecule has 2 N–H and O–H groups in total. The summed E-state index contributed by atoms with van der Waals surface area (Å²) in [6.07, 6.45) is -0.217. The second-order valence-corrected chi connectivity index (χ2v) is 10.9. The van der Waals surface area contributed by atoms with Gasteiger partial charge in [-0.25, -0.2) is 5.43 Å². The summed E-state index contributed by atoms with van der Waals surface area (Å²) < 4.78 is 38.5. The Morgan fingerprint density at radius 3 is 2.59 bits per heavy atom. The van der Waals surface area contributed by atoms with Gasteiger partial charge in [-0.1, -0.05) is 30.3 Å². The van der Waals surface area contributed by atoms with Gasteiger partial charge >= 0.3 is 6.18 Å². The van der Waals surface area contributed by atoms with Crippen LogP contribution in [0.4, 0.5) is 24.5 Å². The van der Waals surface area contributed by atoms with E-state index < -0.39 is 17.6 Å². The van der Waals surface area contributed by atoms with Gasteiger partial charge in [0.25, 0.3) is 5.91 Å². The van der Waals surface area contributed by atoms with E-state index in [1.54, 1.807) is 6.21 Å². The van der Waals surface area contributed by atoms with Crippen LogP contribution in [0.5, 0.6) is 0 Å². The number of halogens is 3. The van der Waals surface area contributed by atoms with Crippen LogP contribution in [0.15, 0.2) is 88.5 Å². The highest BCUT2D eigenvalue weighted by Gasteiger charge is 2.44. The number of allylic oxidation sites excluding steroid dienone is 2. The Hall–Kier alpha value is -3.72. The fourth-order valence-corrected chi connectivity index (χ4v) is 6.19. The largest absolute Gasteiger partial charge is 0.416 e. The SMILES string of the molecule is CCN1/C(=C\C=N\NC(=O)c2ccc(C(F)(F)F)cc2)C(C)(Cc2ccccc2)c2cc3c(cc21)SCCN3. The van der Waals surface area contributed by atoms with E-state index in [0.29, 0.717) is 0 Å². The van der Waals surface area contributed by atoms with Gasteiger partial charge in [-0.05, 0) is 73.9 Å². The maximum Gasteiger partial charge on any atom is 0.416 e. The average Bonchev–Trinajstić information content (AvgIpc) is 3.15. The topological polar surface area (TPSA) is 56.7 Å². The summed E-state index contributed by atoms with van der Waals surface area (Å²) in [7, 11) is 0. The third-order valence-corrected chi connectivity index (χ3v) is 8.24. The lowest BCUT2D eigenvalue weighted by Gasteiger charge is -2.30. The van der Waals surface area contributed by atoms with Crippen molar-refractivity contribution < 1.29 is 18.0 Å². The summed E-state index contributed by atoms with van der Waals surface area (Å²) in [5, 5.41) is 7.64. The van der Waals surface area contributed by atoms with Gasteiger partial charge in [0.2, 0.25) is 0 Å². The van der Waals surface area contributed by atoms with E-state index in [4.69, 9.17) is 0 Å². The van der Waals surface area contributed by atoms with E-state index in [0.717, 1.165) is 60.9 Å². The highest BCUT2D eigenvalue weighted by molar-refractivity contribution is 7.99. The third kappa shape index (κ3) is 5.41. The Balaban J connectivity index is 1.44. The van der Waals surface area contributed by atoms with Gasteiger partial charge in [0.15, 0.2) is 0 Å². The standard InChI is InChI=1S/C30H29F3N4OS/c1-3-37-25-18-26-24(34-15-16-39-26)17-23(25)29(2,19-20-7-5-4-6-8-20)27(37)13-14-35-36-28(38)21-9-11-22(12-10-21)30(31,32)33/h4-14,17-18,34H,3,15-16,19H2,1-2H3,(H,36,38)/b27-13-,35-14+. The Labute approximate surface area is 230 Å². The van der Waals surface area contributed by atoms with Crippen LogP contribution in [0.2, 0.25) is 0 Å². The lowest BCUT2D eigenvalue weighted by molar-refractivity contribution is -0.137. The lowest BCUT2D eigenvalue weighted by atomic mass is 9.76. The highest BCUT2D eigenvalue weighted by atomic mass is 32.2. The number of hydrazone groups is 1. The molecule has 2 heterocycles. The average molecular weight is 551 g/mol. The number of thioether (sulfide) groups is 1. The van der Waals surface area contributed by atoms with Crippen molar-refractivity contribution in [2.75, 3.05) is 29.1 Å². The first kappa shape index (κ1) is 26.9. The number of nitrogens with zero attached hydrogens (tertiary/aromatic N) is 2. The van der Waals surface area contributed by atoms with Gasteiger partial charge in [-0.3, -0.25) is 4.79 Å². The molecule has 3 aromatic rings. The third-order valence-electron chi connectivity index (χ3n) is 7.18. The predicted molar refractivity (Wildman–Crippen MR) is 152 cm³/mol. The van der Waals surface area contributed by atoms with Crippen LogP contribution in [0.1, 0.15) is 40.9 Å². The van der Waals surface area contributed by atoms with E-state index in [2.05, 4.69) is 58.9 Å². The summed E-state index contributed by atoms with van der Waals surface area (Å²) in [6, 6.07) is 18.9. The number of fused-ring (bicyclic) bond motifs is 2. The maximum atomic E-state index is 12.8. The zero-order valence-electron chi connectivity index (χ0n) is 21.7. The quantitative estimate of drug-likeness (QED) is 0.260. The zero-order chi connectivity index (χ0) is 27.6. The molecule has 9 heteroatoms. The van der Waals surface area contributed by atoms with Crippen LogP contribution in [-0.2, 0) is 18.0 Å². The molecular weight excluding hydrogens is 521 g/mol. The van der Waals surface area contributed by atoms with Crippen molar-refractivity contribution in [1.29, 1.82) is 0 Å². The van der Waals surface area contributed by atoms with Gasteiger partial charge in [0, 0.05) is 58.0 Å². The molecule has 1 atom stereocenters. The van der Waals surface area contributed by atoms with Crippen molar-refractivity contribution in [3.8, 4) is 0 Å². The first-order valence-corrected chi connectivity index (χ1v) is 13.8. The number of carbonyl (C=O) groups excluding carboxylic acids is 1. The Bertz CT molecular complexity index is 1420. The van der Waals surface area contributed by atoms with Crippen LogP contribution < -0.4 is 15.6 Å². The summed E-state index contributed by atoms with van der Waals surface area (Å²) in [5.74, 6) is 0.441. The van der Waals surface area contributed by atoms with Crippen molar-refractivity contribution in [2.45, 2.75) is 36.8 Å². The van der Waals surface area contributed by atoms with Crippen LogP contribution >= 0.6 is 11.8 Å². The number of amides is 1. The van der Waals surface area contributed by atoms with Crippen molar-refractivity contribution in [3.63, 3.8) is 0 Å². The smallest absolute Gasteiger partial charge is 0.383 e. The maximum absolute atomic E-state index is 12.8. The highest BCUT2D eigenvalue weighted by Crippen LogP contribution is 2.52. The molecule has 0 aliphatic carbocycles. The van der Waals surface area contributed by atoms with Crippen LogP contribution in [-0.4, -0.2) is 31.0 Å². The number of benzene rings is 3. The Morgan fingerprint density at radius 2 is 1.90 bits per heavy atom. The molecule has 39 heavy (non-hydrogen) atoms. The molecule has 5 rings (SSSR count). The Morgan fingerprint density at radius 1 is 1.15 bits per heavy atom. The van der Waals surface area contributed by atoms with Crippen molar-refractivity contribution >= 4 is 35.3 Å². The minimum absolute atomic E-state index is 0.0979. The second-order valence-electron chi connectivity index (χ2n) is 9.73. The van der Waals surface area contributed by atoms with Crippen molar-refractivity contribution in [1.82, 2.24) is 5.43 Å². The number of nitrogens with one attached hydrogen (secondary N) is 2. The molecule has 2 aliphatic rings. The van der Waals surface area contributed by atoms with Crippen LogP contribution in [0.3, 0.4) is 0 Å². The first-order chi connectivity index (χ1) is 18.7. The molecule has 1 amide bonds. The van der Waals surface area contributed by atoms with E-state index in [1.807, 2.05) is 36.0 Å². The normalized spacial score (nSPS) is 19.6. The number of carbonyl (C=O) groups is 1. The molecule has 0 fully saturated rings. The summed E-state index contributed by atoms with van der Waals surface area (Å²) in [6.45, 7) is 6.03. The van der Waals surface area contributed by atoms with E-state index in [9.17, 15) is 18.0 Å². The number of hydrogen-bond donors (Lipinski definition) is 2.